The van der Waals surface area contributed by atoms with Gasteiger partial charge < -0.3 is 10.6 Å². The van der Waals surface area contributed by atoms with Crippen LogP contribution in [0.1, 0.15) is 32.6 Å². The molecule has 37 heavy (non-hydrogen) atoms. The van der Waals surface area contributed by atoms with Crippen LogP contribution in [0.5, 0.6) is 0 Å². The zero-order valence-corrected chi connectivity index (χ0v) is 20.9. The highest BCUT2D eigenvalue weighted by molar-refractivity contribution is 9.10. The number of nitrogens with one attached hydrogen (secondary N) is 2. The van der Waals surface area contributed by atoms with Crippen molar-refractivity contribution in [3.8, 4) is 17.3 Å². The highest BCUT2D eigenvalue weighted by Crippen LogP contribution is 2.35. The monoisotopic (exact) mass is 566 g/mol. The van der Waals surface area contributed by atoms with Crippen molar-refractivity contribution in [1.29, 1.82) is 5.26 Å². The Balaban J connectivity index is 1.43. The molecule has 11 heteroatoms. The predicted molar refractivity (Wildman–Crippen MR) is 135 cm³/mol. The lowest BCUT2D eigenvalue weighted by Crippen LogP contribution is -2.15. The highest BCUT2D eigenvalue weighted by atomic mass is 79.9. The Bertz CT molecular complexity index is 1590. The van der Waals surface area contributed by atoms with Gasteiger partial charge in [-0.15, -0.1) is 0 Å². The highest BCUT2D eigenvalue weighted by Gasteiger charge is 2.31. The number of nitriles is 1. The molecule has 0 spiro atoms. The van der Waals surface area contributed by atoms with Crippen molar-refractivity contribution >= 4 is 39.2 Å². The minimum absolute atomic E-state index is 0.203. The lowest BCUT2D eigenvalue weighted by atomic mass is 10.0. The van der Waals surface area contributed by atoms with Gasteiger partial charge in [0.2, 0.25) is 0 Å². The van der Waals surface area contributed by atoms with E-state index in [9.17, 15) is 23.2 Å². The van der Waals surface area contributed by atoms with Gasteiger partial charge in [-0.1, -0.05) is 22.0 Å². The van der Waals surface area contributed by atoms with Crippen molar-refractivity contribution in [2.75, 3.05) is 10.6 Å². The molecule has 0 bridgehead atoms. The van der Waals surface area contributed by atoms with E-state index in [1.165, 1.54) is 0 Å². The SMILES string of the molecule is Cc1cc(-c2nn3c(c2C#N)Nc2ccc(Br)cc2CC3)ccc1C(=O)Nc1cc(C(F)(F)F)ccn1. The van der Waals surface area contributed by atoms with Crippen molar-refractivity contribution in [3.63, 3.8) is 0 Å². The summed E-state index contributed by atoms with van der Waals surface area (Å²) in [6.45, 7) is 2.28. The molecule has 0 saturated heterocycles. The molecule has 3 heterocycles. The van der Waals surface area contributed by atoms with Gasteiger partial charge in [-0.3, -0.25) is 4.79 Å². The van der Waals surface area contributed by atoms with Crippen molar-refractivity contribution in [3.05, 3.63) is 87.0 Å². The fourth-order valence-corrected chi connectivity index (χ4v) is 4.64. The maximum atomic E-state index is 13.0. The van der Waals surface area contributed by atoms with Crippen LogP contribution < -0.4 is 10.6 Å². The van der Waals surface area contributed by atoms with Crippen molar-refractivity contribution in [2.45, 2.75) is 26.1 Å². The van der Waals surface area contributed by atoms with Gasteiger partial charge in [-0.05, 0) is 66.9 Å². The van der Waals surface area contributed by atoms with Gasteiger partial charge in [-0.2, -0.15) is 23.5 Å². The average molecular weight is 567 g/mol. The molecule has 5 rings (SSSR count). The van der Waals surface area contributed by atoms with E-state index in [0.717, 1.165) is 40.5 Å². The largest absolute Gasteiger partial charge is 0.416 e. The zero-order valence-electron chi connectivity index (χ0n) is 19.3. The maximum Gasteiger partial charge on any atom is 0.416 e. The van der Waals surface area contributed by atoms with Crippen LogP contribution in [0.25, 0.3) is 11.3 Å². The van der Waals surface area contributed by atoms with E-state index in [2.05, 4.69) is 42.7 Å². The number of pyridine rings is 1. The number of anilines is 3. The molecule has 0 fully saturated rings. The molecule has 0 radical (unpaired) electrons. The number of benzene rings is 2. The number of aromatic nitrogens is 3. The second-order valence-corrected chi connectivity index (χ2v) is 9.41. The second kappa shape index (κ2) is 9.37. The molecular formula is C26H18BrF3N6O. The Morgan fingerprint density at radius 2 is 2.00 bits per heavy atom. The predicted octanol–water partition coefficient (Wildman–Crippen LogP) is 6.46. The van der Waals surface area contributed by atoms with Crippen LogP contribution in [0.3, 0.4) is 0 Å². The molecule has 1 aliphatic heterocycles. The van der Waals surface area contributed by atoms with Gasteiger partial charge in [0, 0.05) is 34.0 Å². The molecule has 0 unspecified atom stereocenters. The van der Waals surface area contributed by atoms with Gasteiger partial charge in [0.15, 0.2) is 0 Å². The van der Waals surface area contributed by atoms with Crippen LogP contribution in [-0.4, -0.2) is 20.7 Å². The number of hydrogen-bond acceptors (Lipinski definition) is 5. The summed E-state index contributed by atoms with van der Waals surface area (Å²) in [5.41, 5.74) is 3.42. The first kappa shape index (κ1) is 24.5. The molecule has 4 aromatic rings. The number of fused-ring (bicyclic) bond motifs is 2. The molecule has 2 N–H and O–H groups in total. The Hall–Kier alpha value is -4.17. The summed E-state index contributed by atoms with van der Waals surface area (Å²) < 4.78 is 41.7. The number of carbonyl (C=O) groups is 1. The number of nitrogens with zero attached hydrogens (tertiary/aromatic N) is 4. The molecule has 0 aliphatic carbocycles. The van der Waals surface area contributed by atoms with E-state index in [1.54, 1.807) is 29.8 Å². The summed E-state index contributed by atoms with van der Waals surface area (Å²) in [5, 5.41) is 20.4. The number of rotatable bonds is 3. The average Bonchev–Trinajstić information content (AvgIpc) is 3.10. The van der Waals surface area contributed by atoms with E-state index in [1.807, 2.05) is 18.2 Å². The number of amides is 1. The Morgan fingerprint density at radius 3 is 2.73 bits per heavy atom. The van der Waals surface area contributed by atoms with Crippen LogP contribution >= 0.6 is 15.9 Å². The standard InChI is InChI=1S/C26H18BrF3N6O/c1-14-10-16(2-4-19(14)25(37)34-22-12-17(6-8-32-22)26(28,29)30)23-20(13-31)24-33-21-5-3-18(27)11-15(21)7-9-36(24)35-23/h2-6,8,10-12,33H,7,9H2,1H3,(H,32,34,37). The number of alkyl halides is 3. The molecule has 2 aromatic heterocycles. The quantitative estimate of drug-likeness (QED) is 0.297. The zero-order chi connectivity index (χ0) is 26.3. The fraction of sp³-hybridized carbons (Fsp3) is 0.154. The van der Waals surface area contributed by atoms with Crippen LogP contribution in [-0.2, 0) is 19.1 Å². The summed E-state index contributed by atoms with van der Waals surface area (Å²) in [4.78, 5) is 16.6. The molecule has 0 atom stereocenters. The lowest BCUT2D eigenvalue weighted by molar-refractivity contribution is -0.137. The fourth-order valence-electron chi connectivity index (χ4n) is 4.23. The number of carbonyl (C=O) groups excluding carboxylic acids is 1. The van der Waals surface area contributed by atoms with E-state index in [4.69, 9.17) is 0 Å². The summed E-state index contributed by atoms with van der Waals surface area (Å²) in [5.74, 6) is -0.207. The maximum absolute atomic E-state index is 13.0. The van der Waals surface area contributed by atoms with Crippen molar-refractivity contribution in [1.82, 2.24) is 14.8 Å². The Kier molecular flexibility index (Phi) is 6.21. The van der Waals surface area contributed by atoms with Crippen LogP contribution in [0.15, 0.2) is 59.2 Å². The third-order valence-electron chi connectivity index (χ3n) is 6.05. The van der Waals surface area contributed by atoms with Crippen LogP contribution in [0.2, 0.25) is 0 Å². The molecule has 1 amide bonds. The summed E-state index contributed by atoms with van der Waals surface area (Å²) in [7, 11) is 0. The third kappa shape index (κ3) is 4.80. The van der Waals surface area contributed by atoms with Crippen molar-refractivity contribution in [2.24, 2.45) is 0 Å². The minimum Gasteiger partial charge on any atom is -0.339 e. The van der Waals surface area contributed by atoms with Crippen LogP contribution in [0, 0.1) is 18.3 Å². The molecule has 7 nitrogen and oxygen atoms in total. The van der Waals surface area contributed by atoms with Gasteiger partial charge >= 0.3 is 6.18 Å². The van der Waals surface area contributed by atoms with E-state index in [0.29, 0.717) is 34.7 Å². The first-order valence-corrected chi connectivity index (χ1v) is 12.0. The first-order chi connectivity index (χ1) is 17.6. The summed E-state index contributed by atoms with van der Waals surface area (Å²) in [6.07, 6.45) is -2.83. The Labute approximate surface area is 218 Å². The smallest absolute Gasteiger partial charge is 0.339 e. The third-order valence-corrected chi connectivity index (χ3v) is 6.54. The first-order valence-electron chi connectivity index (χ1n) is 11.2. The molecule has 186 valence electrons. The van der Waals surface area contributed by atoms with E-state index >= 15 is 0 Å². The lowest BCUT2D eigenvalue weighted by Gasteiger charge is -2.11. The van der Waals surface area contributed by atoms with E-state index < -0.39 is 17.6 Å². The normalized spacial score (nSPS) is 12.5. The minimum atomic E-state index is -4.55. The topological polar surface area (TPSA) is 95.6 Å². The molecular weight excluding hydrogens is 549 g/mol. The van der Waals surface area contributed by atoms with Gasteiger partial charge in [0.05, 0.1) is 5.56 Å². The van der Waals surface area contributed by atoms with Gasteiger partial charge in [0.1, 0.15) is 29.0 Å². The second-order valence-electron chi connectivity index (χ2n) is 8.49. The van der Waals surface area contributed by atoms with Gasteiger partial charge in [0.25, 0.3) is 5.91 Å². The number of hydrogen-bond donors (Lipinski definition) is 2. The van der Waals surface area contributed by atoms with Crippen molar-refractivity contribution < 1.29 is 18.0 Å². The summed E-state index contributed by atoms with van der Waals surface area (Å²) >= 11 is 3.48. The number of halogens is 4. The number of aryl methyl sites for hydroxylation is 3. The Morgan fingerprint density at radius 1 is 1.19 bits per heavy atom. The molecule has 0 saturated carbocycles. The van der Waals surface area contributed by atoms with Crippen LogP contribution in [0.4, 0.5) is 30.5 Å². The molecule has 1 aliphatic rings. The van der Waals surface area contributed by atoms with E-state index in [-0.39, 0.29) is 11.4 Å². The summed E-state index contributed by atoms with van der Waals surface area (Å²) in [6, 6.07) is 14.7. The van der Waals surface area contributed by atoms with Gasteiger partial charge in [-0.25, -0.2) is 9.67 Å². The molecule has 2 aromatic carbocycles.